The minimum atomic E-state index is 0.0796. The number of carbonyl (C=O) groups is 1. The third-order valence-corrected chi connectivity index (χ3v) is 7.80. The fourth-order valence-corrected chi connectivity index (χ4v) is 5.57. The first kappa shape index (κ1) is 26.0. The third kappa shape index (κ3) is 5.62. The number of hydrogen-bond donors (Lipinski definition) is 0. The van der Waals surface area contributed by atoms with Crippen LogP contribution < -0.4 is 9.64 Å². The van der Waals surface area contributed by atoms with Gasteiger partial charge in [-0.2, -0.15) is 0 Å². The first-order valence-electron chi connectivity index (χ1n) is 14.0. The first-order chi connectivity index (χ1) is 18.4. The highest BCUT2D eigenvalue weighted by molar-refractivity contribution is 5.96. The number of aromatic nitrogens is 2. The van der Waals surface area contributed by atoms with Crippen LogP contribution in [0.4, 0.5) is 5.69 Å². The van der Waals surface area contributed by atoms with Gasteiger partial charge in [-0.05, 0) is 92.1 Å². The number of ether oxygens (including phenoxy) is 1. The Kier molecular flexibility index (Phi) is 7.82. The molecule has 5 rings (SSSR count). The van der Waals surface area contributed by atoms with Crippen LogP contribution in [0.1, 0.15) is 73.9 Å². The molecule has 0 spiro atoms. The van der Waals surface area contributed by atoms with Crippen molar-refractivity contribution in [1.29, 1.82) is 0 Å². The van der Waals surface area contributed by atoms with Gasteiger partial charge >= 0.3 is 0 Å². The van der Waals surface area contributed by atoms with Gasteiger partial charge < -0.3 is 14.2 Å². The molecular weight excluding hydrogens is 470 g/mol. The van der Waals surface area contributed by atoms with Crippen molar-refractivity contribution in [2.45, 2.75) is 71.8 Å². The van der Waals surface area contributed by atoms with Gasteiger partial charge in [0.1, 0.15) is 11.6 Å². The van der Waals surface area contributed by atoms with E-state index < -0.39 is 0 Å². The summed E-state index contributed by atoms with van der Waals surface area (Å²) in [7, 11) is 0. The molecule has 0 bridgehead atoms. The summed E-state index contributed by atoms with van der Waals surface area (Å²) < 4.78 is 8.36. The van der Waals surface area contributed by atoms with Crippen molar-refractivity contribution in [3.63, 3.8) is 0 Å². The highest BCUT2D eigenvalue weighted by Gasteiger charge is 2.35. The molecule has 38 heavy (non-hydrogen) atoms. The predicted molar refractivity (Wildman–Crippen MR) is 155 cm³/mol. The van der Waals surface area contributed by atoms with Gasteiger partial charge in [0.2, 0.25) is 5.91 Å². The summed E-state index contributed by atoms with van der Waals surface area (Å²) in [5.41, 5.74) is 6.85. The number of aryl methyl sites for hydroxylation is 3. The Morgan fingerprint density at radius 3 is 2.47 bits per heavy atom. The van der Waals surface area contributed by atoms with Gasteiger partial charge in [-0.25, -0.2) is 4.98 Å². The second-order valence-electron chi connectivity index (χ2n) is 10.8. The van der Waals surface area contributed by atoms with Crippen LogP contribution in [0.15, 0.2) is 66.7 Å². The van der Waals surface area contributed by atoms with Gasteiger partial charge in [-0.1, -0.05) is 44.2 Å². The summed E-state index contributed by atoms with van der Waals surface area (Å²) in [6.07, 6.45) is 3.58. The molecule has 198 valence electrons. The van der Waals surface area contributed by atoms with Gasteiger partial charge in [0, 0.05) is 31.1 Å². The monoisotopic (exact) mass is 509 g/mol. The molecule has 2 unspecified atom stereocenters. The van der Waals surface area contributed by atoms with Crippen LogP contribution in [0, 0.1) is 13.8 Å². The van der Waals surface area contributed by atoms with Crippen molar-refractivity contribution in [3.8, 4) is 5.75 Å². The highest BCUT2D eigenvalue weighted by Crippen LogP contribution is 2.34. The molecule has 5 nitrogen and oxygen atoms in total. The molecule has 1 aliphatic rings. The lowest BCUT2D eigenvalue weighted by atomic mass is 9.99. The number of imidazole rings is 1. The van der Waals surface area contributed by atoms with E-state index in [1.807, 2.05) is 11.0 Å². The average molecular weight is 510 g/mol. The smallest absolute Gasteiger partial charge is 0.227 e. The molecule has 1 saturated heterocycles. The Bertz CT molecular complexity index is 1390. The van der Waals surface area contributed by atoms with Crippen LogP contribution in [0.2, 0.25) is 0 Å². The molecule has 2 heterocycles. The minimum absolute atomic E-state index is 0.0796. The number of amides is 1. The number of hydrogen-bond acceptors (Lipinski definition) is 3. The topological polar surface area (TPSA) is 47.4 Å². The van der Waals surface area contributed by atoms with Crippen LogP contribution >= 0.6 is 0 Å². The standard InChI is InChI=1S/C33H39N3O2/c1-5-25(4)26-12-14-29(15-13-26)38-17-9-8-16-35-31-11-7-6-10-30(31)34-33(35)27-21-32(37)36(22-27)28-19-23(2)18-24(3)20-28/h6-7,10-15,18-20,25,27H,5,8-9,16-17,21-22H2,1-4H3. The zero-order valence-corrected chi connectivity index (χ0v) is 23.1. The van der Waals surface area contributed by atoms with Gasteiger partial charge in [0.05, 0.1) is 17.6 Å². The number of benzene rings is 3. The van der Waals surface area contributed by atoms with Crippen molar-refractivity contribution < 1.29 is 9.53 Å². The quantitative estimate of drug-likeness (QED) is 0.207. The molecular formula is C33H39N3O2. The second kappa shape index (κ2) is 11.4. The Labute approximate surface area is 226 Å². The number of anilines is 1. The molecule has 1 fully saturated rings. The number of carbonyl (C=O) groups excluding carboxylic acids is 1. The summed E-state index contributed by atoms with van der Waals surface area (Å²) >= 11 is 0. The van der Waals surface area contributed by atoms with Gasteiger partial charge in [0.25, 0.3) is 0 Å². The van der Waals surface area contributed by atoms with Crippen LogP contribution in [0.3, 0.4) is 0 Å². The lowest BCUT2D eigenvalue weighted by Gasteiger charge is -2.19. The van der Waals surface area contributed by atoms with Crippen LogP contribution in [-0.4, -0.2) is 28.6 Å². The number of nitrogens with zero attached hydrogens (tertiary/aromatic N) is 3. The first-order valence-corrected chi connectivity index (χ1v) is 14.0. The largest absolute Gasteiger partial charge is 0.494 e. The van der Waals surface area contributed by atoms with Crippen LogP contribution in [-0.2, 0) is 11.3 Å². The molecule has 5 heteroatoms. The fourth-order valence-electron chi connectivity index (χ4n) is 5.57. The number of fused-ring (bicyclic) bond motifs is 1. The second-order valence-corrected chi connectivity index (χ2v) is 10.8. The summed E-state index contributed by atoms with van der Waals surface area (Å²) in [5, 5.41) is 0. The van der Waals surface area contributed by atoms with Crippen molar-refractivity contribution in [2.75, 3.05) is 18.1 Å². The van der Waals surface area contributed by atoms with E-state index in [0.717, 1.165) is 54.1 Å². The number of unbranched alkanes of at least 4 members (excludes halogenated alkanes) is 1. The molecule has 1 aromatic heterocycles. The van der Waals surface area contributed by atoms with Gasteiger partial charge in [0.15, 0.2) is 0 Å². The Morgan fingerprint density at radius 2 is 1.74 bits per heavy atom. The summed E-state index contributed by atoms with van der Waals surface area (Å²) in [6, 6.07) is 23.2. The lowest BCUT2D eigenvalue weighted by Crippen LogP contribution is -2.24. The van der Waals surface area contributed by atoms with E-state index in [0.29, 0.717) is 25.5 Å². The van der Waals surface area contributed by atoms with Crippen molar-refractivity contribution >= 4 is 22.6 Å². The lowest BCUT2D eigenvalue weighted by molar-refractivity contribution is -0.117. The van der Waals surface area contributed by atoms with E-state index in [2.05, 4.69) is 92.9 Å². The maximum atomic E-state index is 13.1. The number of rotatable bonds is 10. The Hall–Kier alpha value is -3.60. The fraction of sp³-hybridized carbons (Fsp3) is 0.394. The molecule has 2 atom stereocenters. The molecule has 0 N–H and O–H groups in total. The minimum Gasteiger partial charge on any atom is -0.494 e. The Morgan fingerprint density at radius 1 is 1.00 bits per heavy atom. The van der Waals surface area contributed by atoms with Gasteiger partial charge in [-0.3, -0.25) is 4.79 Å². The summed E-state index contributed by atoms with van der Waals surface area (Å²) in [6.45, 7) is 10.9. The van der Waals surface area contributed by atoms with Crippen LogP contribution in [0.5, 0.6) is 5.75 Å². The van der Waals surface area contributed by atoms with Crippen molar-refractivity contribution in [2.24, 2.45) is 0 Å². The normalized spacial score (nSPS) is 16.4. The average Bonchev–Trinajstić information content (AvgIpc) is 3.48. The van der Waals surface area contributed by atoms with E-state index in [9.17, 15) is 4.79 Å². The SMILES string of the molecule is CCC(C)c1ccc(OCCCCn2c(C3CC(=O)N(c4cc(C)cc(C)c4)C3)nc3ccccc32)cc1. The molecule has 1 amide bonds. The molecule has 1 aliphatic heterocycles. The van der Waals surface area contributed by atoms with E-state index >= 15 is 0 Å². The van der Waals surface area contributed by atoms with Gasteiger partial charge in [-0.15, -0.1) is 0 Å². The maximum absolute atomic E-state index is 13.1. The molecule has 4 aromatic rings. The zero-order chi connectivity index (χ0) is 26.6. The third-order valence-electron chi connectivity index (χ3n) is 7.80. The summed E-state index contributed by atoms with van der Waals surface area (Å²) in [4.78, 5) is 20.0. The summed E-state index contributed by atoms with van der Waals surface area (Å²) in [5.74, 6) is 2.78. The zero-order valence-electron chi connectivity index (χ0n) is 23.1. The van der Waals surface area contributed by atoms with Crippen molar-refractivity contribution in [3.05, 3.63) is 89.2 Å². The maximum Gasteiger partial charge on any atom is 0.227 e. The highest BCUT2D eigenvalue weighted by atomic mass is 16.5. The van der Waals surface area contributed by atoms with E-state index in [4.69, 9.17) is 9.72 Å². The Balaban J connectivity index is 1.25. The van der Waals surface area contributed by atoms with Crippen molar-refractivity contribution in [1.82, 2.24) is 9.55 Å². The van der Waals surface area contributed by atoms with Crippen LogP contribution in [0.25, 0.3) is 11.0 Å². The van der Waals surface area contributed by atoms with E-state index in [1.54, 1.807) is 0 Å². The molecule has 0 radical (unpaired) electrons. The molecule has 0 aliphatic carbocycles. The van der Waals surface area contributed by atoms with E-state index in [1.165, 1.54) is 16.7 Å². The molecule has 3 aromatic carbocycles. The predicted octanol–water partition coefficient (Wildman–Crippen LogP) is 7.55. The van der Waals surface area contributed by atoms with E-state index in [-0.39, 0.29) is 11.8 Å². The molecule has 0 saturated carbocycles. The number of para-hydroxylation sites is 2.